The van der Waals surface area contributed by atoms with Crippen LogP contribution in [0.15, 0.2) is 6.07 Å². The second-order valence-electron chi connectivity index (χ2n) is 7.36. The molecule has 0 saturated carbocycles. The van der Waals surface area contributed by atoms with Crippen LogP contribution in [0, 0.1) is 5.92 Å². The number of fused-ring (bicyclic) bond motifs is 1. The number of halogens is 1. The molecule has 0 bridgehead atoms. The molecule has 9 heteroatoms. The Labute approximate surface area is 176 Å². The lowest BCUT2D eigenvalue weighted by molar-refractivity contribution is 0.0192. The molecule has 29 heavy (non-hydrogen) atoms. The van der Waals surface area contributed by atoms with Crippen molar-refractivity contribution in [2.45, 2.75) is 18.9 Å². The van der Waals surface area contributed by atoms with Crippen LogP contribution in [-0.2, 0) is 4.74 Å². The summed E-state index contributed by atoms with van der Waals surface area (Å²) in [6.45, 7) is 4.29. The molecule has 2 aliphatic rings. The van der Waals surface area contributed by atoms with Crippen LogP contribution in [0.25, 0.3) is 0 Å². The number of benzene rings is 1. The maximum atomic E-state index is 12.9. The Morgan fingerprint density at radius 3 is 2.83 bits per heavy atom. The highest BCUT2D eigenvalue weighted by atomic mass is 35.5. The van der Waals surface area contributed by atoms with E-state index in [0.717, 1.165) is 32.5 Å². The molecule has 2 heterocycles. The molecule has 0 unspecified atom stereocenters. The lowest BCUT2D eigenvalue weighted by Gasteiger charge is -2.36. The Morgan fingerprint density at radius 2 is 2.14 bits per heavy atom. The predicted octanol–water partition coefficient (Wildman–Crippen LogP) is 1.60. The molecule has 3 N–H and O–H groups in total. The van der Waals surface area contributed by atoms with E-state index in [1.807, 2.05) is 0 Å². The minimum absolute atomic E-state index is 0.0155. The second-order valence-corrected chi connectivity index (χ2v) is 7.74. The first kappa shape index (κ1) is 22.0. The summed E-state index contributed by atoms with van der Waals surface area (Å²) < 4.78 is 16.4. The molecule has 1 saturated heterocycles. The molecular formula is C20H30ClN3O5. The molecule has 0 aromatic heterocycles. The number of anilines is 1. The highest BCUT2D eigenvalue weighted by Gasteiger charge is 2.30. The van der Waals surface area contributed by atoms with Gasteiger partial charge in [-0.15, -0.1) is 0 Å². The molecule has 1 fully saturated rings. The number of hydrogen-bond donors (Lipinski definition) is 3. The van der Waals surface area contributed by atoms with E-state index in [-0.39, 0.29) is 11.8 Å². The second kappa shape index (κ2) is 10.3. The summed E-state index contributed by atoms with van der Waals surface area (Å²) in [7, 11) is 3.42. The topological polar surface area (TPSA) is 92.3 Å². The van der Waals surface area contributed by atoms with Gasteiger partial charge in [0.05, 0.1) is 17.4 Å². The third-order valence-electron chi connectivity index (χ3n) is 5.42. The van der Waals surface area contributed by atoms with Gasteiger partial charge in [-0.2, -0.15) is 0 Å². The largest absolute Gasteiger partial charge is 0.485 e. The fourth-order valence-electron chi connectivity index (χ4n) is 3.77. The number of hydrogen-bond acceptors (Lipinski definition) is 7. The van der Waals surface area contributed by atoms with Gasteiger partial charge in [-0.25, -0.2) is 0 Å². The third kappa shape index (κ3) is 5.25. The van der Waals surface area contributed by atoms with Crippen molar-refractivity contribution in [1.82, 2.24) is 10.2 Å². The van der Waals surface area contributed by atoms with E-state index in [9.17, 15) is 9.90 Å². The van der Waals surface area contributed by atoms with Gasteiger partial charge in [0.15, 0.2) is 11.5 Å². The number of ether oxygens (including phenoxy) is 3. The number of amides is 1. The number of nitrogens with zero attached hydrogens (tertiary/aromatic N) is 1. The zero-order chi connectivity index (χ0) is 20.8. The zero-order valence-corrected chi connectivity index (χ0v) is 17.8. The zero-order valence-electron chi connectivity index (χ0n) is 17.0. The van der Waals surface area contributed by atoms with E-state index in [1.165, 1.54) is 0 Å². The Bertz CT molecular complexity index is 718. The Hall–Kier alpha value is -1.74. The number of aliphatic hydroxyl groups is 1. The lowest BCUT2D eigenvalue weighted by Crippen LogP contribution is -2.48. The quantitative estimate of drug-likeness (QED) is 0.543. The van der Waals surface area contributed by atoms with Gasteiger partial charge in [0.1, 0.15) is 18.2 Å². The minimum Gasteiger partial charge on any atom is -0.485 e. The molecule has 3 rings (SSSR count). The summed E-state index contributed by atoms with van der Waals surface area (Å²) in [4.78, 5) is 15.1. The van der Waals surface area contributed by atoms with Crippen LogP contribution in [0.4, 0.5) is 5.69 Å². The van der Waals surface area contributed by atoms with Crippen molar-refractivity contribution < 1.29 is 24.1 Å². The molecule has 1 aromatic carbocycles. The number of methoxy groups -OCH3 is 1. The van der Waals surface area contributed by atoms with Crippen molar-refractivity contribution in [2.75, 3.05) is 65.5 Å². The fraction of sp³-hybridized carbons (Fsp3) is 0.650. The maximum absolute atomic E-state index is 12.9. The van der Waals surface area contributed by atoms with Crippen LogP contribution in [0.5, 0.6) is 11.5 Å². The van der Waals surface area contributed by atoms with Crippen LogP contribution in [0.3, 0.4) is 0 Å². The molecule has 0 radical (unpaired) electrons. The first-order valence-electron chi connectivity index (χ1n) is 10.0. The Morgan fingerprint density at radius 1 is 1.38 bits per heavy atom. The molecule has 2 atom stereocenters. The van der Waals surface area contributed by atoms with E-state index in [2.05, 4.69) is 15.5 Å². The maximum Gasteiger partial charge on any atom is 0.255 e. The first-order valence-corrected chi connectivity index (χ1v) is 10.4. The number of piperidine rings is 1. The van der Waals surface area contributed by atoms with Crippen LogP contribution < -0.4 is 20.1 Å². The van der Waals surface area contributed by atoms with Crippen molar-refractivity contribution >= 4 is 23.2 Å². The Balaban J connectivity index is 1.60. The van der Waals surface area contributed by atoms with Crippen LogP contribution in [0.2, 0.25) is 5.02 Å². The highest BCUT2D eigenvalue weighted by molar-refractivity contribution is 6.35. The summed E-state index contributed by atoms with van der Waals surface area (Å²) >= 11 is 6.34. The third-order valence-corrected chi connectivity index (χ3v) is 5.79. The molecule has 8 nitrogen and oxygen atoms in total. The summed E-state index contributed by atoms with van der Waals surface area (Å²) in [5.41, 5.74) is 0.977. The molecule has 2 aliphatic heterocycles. The van der Waals surface area contributed by atoms with Crippen LogP contribution in [0.1, 0.15) is 23.2 Å². The van der Waals surface area contributed by atoms with Gasteiger partial charge >= 0.3 is 0 Å². The molecular weight excluding hydrogens is 398 g/mol. The summed E-state index contributed by atoms with van der Waals surface area (Å²) in [5, 5.41) is 16.8. The SMILES string of the molecule is CNc1cc(C(=O)NC[C@@H]2CCN(CCCOC)C[C@H]2O)c2c(c1Cl)OCCO2. The van der Waals surface area contributed by atoms with Gasteiger partial charge in [0, 0.05) is 46.3 Å². The molecule has 0 aliphatic carbocycles. The molecule has 0 spiro atoms. The van der Waals surface area contributed by atoms with Gasteiger partial charge in [0.2, 0.25) is 0 Å². The van der Waals surface area contributed by atoms with Gasteiger partial charge in [-0.1, -0.05) is 11.6 Å². The number of likely N-dealkylation sites (tertiary alicyclic amines) is 1. The summed E-state index contributed by atoms with van der Waals surface area (Å²) in [6.07, 6.45) is 1.30. The van der Waals surface area contributed by atoms with Gasteiger partial charge < -0.3 is 34.9 Å². The van der Waals surface area contributed by atoms with Gasteiger partial charge in [-0.3, -0.25) is 4.79 Å². The average Bonchev–Trinajstić information content (AvgIpc) is 2.73. The highest BCUT2D eigenvalue weighted by Crippen LogP contribution is 2.44. The molecule has 162 valence electrons. The number of carbonyl (C=O) groups excluding carboxylic acids is 1. The summed E-state index contributed by atoms with van der Waals surface area (Å²) in [6, 6.07) is 1.67. The summed E-state index contributed by atoms with van der Waals surface area (Å²) in [5.74, 6) is 0.502. The molecule has 1 amide bonds. The number of β-amino-alcohol motifs (C(OH)–C–C–N with tert-alkyl or cyclic N) is 1. The normalized spacial score (nSPS) is 21.7. The number of aliphatic hydroxyl groups excluding tert-OH is 1. The first-order chi connectivity index (χ1) is 14.0. The number of carbonyl (C=O) groups is 1. The van der Waals surface area contributed by atoms with Crippen molar-refractivity contribution in [3.8, 4) is 11.5 Å². The number of nitrogens with one attached hydrogen (secondary N) is 2. The van der Waals surface area contributed by atoms with E-state index >= 15 is 0 Å². The molecule has 1 aromatic rings. The lowest BCUT2D eigenvalue weighted by atomic mass is 9.93. The Kier molecular flexibility index (Phi) is 7.83. The van der Waals surface area contributed by atoms with Crippen molar-refractivity contribution in [2.24, 2.45) is 5.92 Å². The number of rotatable bonds is 8. The van der Waals surface area contributed by atoms with Crippen LogP contribution >= 0.6 is 11.6 Å². The van der Waals surface area contributed by atoms with E-state index in [4.69, 9.17) is 25.8 Å². The van der Waals surface area contributed by atoms with Gasteiger partial charge in [0.25, 0.3) is 5.91 Å². The van der Waals surface area contributed by atoms with Gasteiger partial charge in [-0.05, 0) is 25.5 Å². The van der Waals surface area contributed by atoms with Crippen LogP contribution in [-0.4, -0.2) is 82.2 Å². The van der Waals surface area contributed by atoms with E-state index < -0.39 is 6.10 Å². The van der Waals surface area contributed by atoms with Crippen molar-refractivity contribution in [1.29, 1.82) is 0 Å². The average molecular weight is 428 g/mol. The van der Waals surface area contributed by atoms with E-state index in [1.54, 1.807) is 20.2 Å². The van der Waals surface area contributed by atoms with Crippen molar-refractivity contribution in [3.63, 3.8) is 0 Å². The smallest absolute Gasteiger partial charge is 0.255 e. The van der Waals surface area contributed by atoms with E-state index in [0.29, 0.717) is 54.1 Å². The standard InChI is InChI=1S/C20H30ClN3O5/c1-22-15-10-14(18-19(17(15)21)29-9-8-28-18)20(26)23-11-13-4-6-24(12-16(13)25)5-3-7-27-2/h10,13,16,22,25H,3-9,11-12H2,1-2H3,(H,23,26)/t13-,16+/m0/s1. The fourth-order valence-corrected chi connectivity index (χ4v) is 4.06. The van der Waals surface area contributed by atoms with Crippen molar-refractivity contribution in [3.05, 3.63) is 16.7 Å². The minimum atomic E-state index is -0.474. The predicted molar refractivity (Wildman–Crippen MR) is 111 cm³/mol. The monoisotopic (exact) mass is 427 g/mol.